The molecule has 4 rings (SSSR count). The zero-order valence-electron chi connectivity index (χ0n) is 18.5. The Morgan fingerprint density at radius 3 is 2.49 bits per heavy atom. The topological polar surface area (TPSA) is 99.8 Å². The molecule has 0 spiro atoms. The van der Waals surface area contributed by atoms with Crippen LogP contribution in [0.15, 0.2) is 48.8 Å². The van der Waals surface area contributed by atoms with Crippen molar-refractivity contribution in [2.75, 3.05) is 26.2 Å². The number of benzene rings is 1. The number of nitrogens with zero attached hydrogens (tertiary/aromatic N) is 4. The molecular formula is C23H23ClF3N5O3. The first-order chi connectivity index (χ1) is 16.5. The van der Waals surface area contributed by atoms with E-state index in [9.17, 15) is 27.6 Å². The monoisotopic (exact) mass is 509 g/mol. The summed E-state index contributed by atoms with van der Waals surface area (Å²) < 4.78 is 39.5. The van der Waals surface area contributed by atoms with E-state index >= 15 is 0 Å². The first kappa shape index (κ1) is 24.9. The van der Waals surface area contributed by atoms with Crippen LogP contribution in [0.5, 0.6) is 0 Å². The maximum Gasteiger partial charge on any atom is 0.406 e. The number of alkyl halides is 3. The first-order valence-electron chi connectivity index (χ1n) is 10.9. The van der Waals surface area contributed by atoms with E-state index in [1.165, 1.54) is 17.3 Å². The zero-order valence-corrected chi connectivity index (χ0v) is 19.3. The number of rotatable bonds is 6. The predicted octanol–water partition coefficient (Wildman–Crippen LogP) is 2.26. The number of carbonyl (C=O) groups is 3. The highest BCUT2D eigenvalue weighted by Crippen LogP contribution is 2.36. The molecule has 1 aromatic heterocycles. The fourth-order valence-electron chi connectivity index (χ4n) is 4.63. The molecule has 2 fully saturated rings. The van der Waals surface area contributed by atoms with Gasteiger partial charge in [-0.25, -0.2) is 4.79 Å². The van der Waals surface area contributed by atoms with Crippen LogP contribution < -0.4 is 5.73 Å². The zero-order chi connectivity index (χ0) is 25.4. The number of imide groups is 1. The molecule has 0 aliphatic carbocycles. The van der Waals surface area contributed by atoms with Crippen molar-refractivity contribution >= 4 is 29.4 Å². The molecule has 2 atom stereocenters. The van der Waals surface area contributed by atoms with Gasteiger partial charge in [0.2, 0.25) is 5.91 Å². The van der Waals surface area contributed by atoms with Gasteiger partial charge in [0.1, 0.15) is 12.1 Å². The smallest absolute Gasteiger partial charge is 0.337 e. The molecule has 1 aromatic carbocycles. The lowest BCUT2D eigenvalue weighted by atomic mass is 9.87. The number of piperazine rings is 1. The molecule has 2 aromatic rings. The van der Waals surface area contributed by atoms with E-state index in [-0.39, 0.29) is 37.4 Å². The summed E-state index contributed by atoms with van der Waals surface area (Å²) in [6.07, 6.45) is -1.64. The molecule has 0 saturated carbocycles. The highest BCUT2D eigenvalue weighted by molar-refractivity contribution is 6.30. The van der Waals surface area contributed by atoms with Gasteiger partial charge in [0.25, 0.3) is 5.91 Å². The second-order valence-corrected chi connectivity index (χ2v) is 9.14. The van der Waals surface area contributed by atoms with E-state index in [0.717, 1.165) is 10.5 Å². The third-order valence-corrected chi connectivity index (χ3v) is 6.47. The van der Waals surface area contributed by atoms with Crippen molar-refractivity contribution in [3.8, 4) is 0 Å². The minimum atomic E-state index is -4.76. The highest BCUT2D eigenvalue weighted by Gasteiger charge is 2.61. The summed E-state index contributed by atoms with van der Waals surface area (Å²) in [5, 5.41) is 0.537. The molecule has 8 nitrogen and oxygen atoms in total. The highest BCUT2D eigenvalue weighted by atomic mass is 35.5. The number of fused-ring (bicyclic) bond motifs is 1. The number of aromatic nitrogens is 1. The molecule has 0 bridgehead atoms. The molecule has 2 aliphatic heterocycles. The lowest BCUT2D eigenvalue weighted by Crippen LogP contribution is -2.66. The Balaban J connectivity index is 1.61. The predicted molar refractivity (Wildman–Crippen MR) is 120 cm³/mol. The summed E-state index contributed by atoms with van der Waals surface area (Å²) in [6, 6.07) is 8.15. The van der Waals surface area contributed by atoms with Crippen LogP contribution in [0.4, 0.5) is 18.0 Å². The number of amides is 4. The van der Waals surface area contributed by atoms with Gasteiger partial charge < -0.3 is 15.5 Å². The Kier molecular flexibility index (Phi) is 6.74. The Morgan fingerprint density at radius 2 is 1.86 bits per heavy atom. The van der Waals surface area contributed by atoms with Crippen LogP contribution in [0.1, 0.15) is 11.1 Å². The van der Waals surface area contributed by atoms with Crippen molar-refractivity contribution in [2.45, 2.75) is 30.6 Å². The van der Waals surface area contributed by atoms with Gasteiger partial charge in [-0.3, -0.25) is 19.5 Å². The molecule has 2 N–H and O–H groups in total. The first-order valence-corrected chi connectivity index (χ1v) is 11.3. The summed E-state index contributed by atoms with van der Waals surface area (Å²) in [7, 11) is 0. The Hall–Kier alpha value is -3.18. The van der Waals surface area contributed by atoms with E-state index < -0.39 is 42.1 Å². The third kappa shape index (κ3) is 5.10. The quantitative estimate of drug-likeness (QED) is 0.602. The third-order valence-electron chi connectivity index (χ3n) is 6.22. The van der Waals surface area contributed by atoms with Gasteiger partial charge in [-0.05, 0) is 35.7 Å². The summed E-state index contributed by atoms with van der Waals surface area (Å²) >= 11 is 5.89. The standard InChI is InChI=1S/C23H23ClF3N5O3/c24-17-5-3-15(4-6-17)10-18(28)19(33)30-8-9-32-21(35)31(14-23(25,26)27)20(34)22(32,13-30)11-16-2-1-7-29-12-16/h1-7,12,18H,8-11,13-14,28H2/t18-,22+/m1/s1. The Bertz CT molecular complexity index is 1120. The molecule has 0 unspecified atom stereocenters. The number of urea groups is 1. The molecule has 35 heavy (non-hydrogen) atoms. The number of carbonyl (C=O) groups excluding carboxylic acids is 3. The molecule has 186 valence electrons. The molecular weight excluding hydrogens is 487 g/mol. The average molecular weight is 510 g/mol. The molecule has 2 aliphatic rings. The molecule has 2 saturated heterocycles. The SMILES string of the molecule is N[C@H](Cc1ccc(Cl)cc1)C(=O)N1CCN2C(=O)N(CC(F)(F)F)C(=O)[C@]2(Cc2cccnc2)C1. The summed E-state index contributed by atoms with van der Waals surface area (Å²) in [6.45, 7) is -2.02. The number of hydrogen-bond acceptors (Lipinski definition) is 5. The fourth-order valence-corrected chi connectivity index (χ4v) is 4.76. The van der Waals surface area contributed by atoms with Crippen molar-refractivity contribution in [3.05, 3.63) is 64.9 Å². The van der Waals surface area contributed by atoms with Crippen molar-refractivity contribution in [1.82, 2.24) is 19.7 Å². The lowest BCUT2D eigenvalue weighted by Gasteiger charge is -2.45. The van der Waals surface area contributed by atoms with Crippen molar-refractivity contribution in [3.63, 3.8) is 0 Å². The second-order valence-electron chi connectivity index (χ2n) is 8.71. The lowest BCUT2D eigenvalue weighted by molar-refractivity contribution is -0.157. The van der Waals surface area contributed by atoms with Gasteiger partial charge in [-0.1, -0.05) is 29.8 Å². The van der Waals surface area contributed by atoms with E-state index in [2.05, 4.69) is 4.98 Å². The van der Waals surface area contributed by atoms with Crippen molar-refractivity contribution in [2.24, 2.45) is 5.73 Å². The average Bonchev–Trinajstić information content (AvgIpc) is 3.00. The summed E-state index contributed by atoms with van der Waals surface area (Å²) in [4.78, 5) is 46.2. The van der Waals surface area contributed by atoms with Gasteiger partial charge in [0, 0.05) is 36.9 Å². The van der Waals surface area contributed by atoms with Crippen LogP contribution in [0.25, 0.3) is 0 Å². The van der Waals surface area contributed by atoms with Crippen LogP contribution in [0.2, 0.25) is 5.02 Å². The van der Waals surface area contributed by atoms with Gasteiger partial charge in [0.15, 0.2) is 0 Å². The second kappa shape index (κ2) is 9.46. The summed E-state index contributed by atoms with van der Waals surface area (Å²) in [5.74, 6) is -1.45. The van der Waals surface area contributed by atoms with Crippen LogP contribution in [-0.4, -0.2) is 81.5 Å². The number of halogens is 4. The minimum Gasteiger partial charge on any atom is -0.337 e. The van der Waals surface area contributed by atoms with E-state index in [1.807, 2.05) is 0 Å². The van der Waals surface area contributed by atoms with Crippen LogP contribution >= 0.6 is 11.6 Å². The fraction of sp³-hybridized carbons (Fsp3) is 0.391. The van der Waals surface area contributed by atoms with Crippen LogP contribution in [0, 0.1) is 0 Å². The molecule has 4 amide bonds. The van der Waals surface area contributed by atoms with Crippen molar-refractivity contribution in [1.29, 1.82) is 0 Å². The van der Waals surface area contributed by atoms with E-state index in [1.54, 1.807) is 36.4 Å². The number of hydrogen-bond donors (Lipinski definition) is 1. The summed E-state index contributed by atoms with van der Waals surface area (Å²) in [5.41, 5.74) is 5.81. The molecule has 0 radical (unpaired) electrons. The maximum atomic E-state index is 13.4. The van der Waals surface area contributed by atoms with Gasteiger partial charge in [0.05, 0.1) is 12.6 Å². The van der Waals surface area contributed by atoms with E-state index in [0.29, 0.717) is 10.6 Å². The largest absolute Gasteiger partial charge is 0.406 e. The number of nitrogens with two attached hydrogens (primary N) is 1. The van der Waals surface area contributed by atoms with Crippen LogP contribution in [-0.2, 0) is 22.4 Å². The van der Waals surface area contributed by atoms with Gasteiger partial charge in [-0.15, -0.1) is 0 Å². The van der Waals surface area contributed by atoms with E-state index in [4.69, 9.17) is 17.3 Å². The normalized spacial score (nSPS) is 21.3. The van der Waals surface area contributed by atoms with Crippen molar-refractivity contribution < 1.29 is 27.6 Å². The minimum absolute atomic E-state index is 0.0425. The van der Waals surface area contributed by atoms with Gasteiger partial charge in [-0.2, -0.15) is 13.2 Å². The molecule has 12 heteroatoms. The molecule has 3 heterocycles. The van der Waals surface area contributed by atoms with Crippen LogP contribution in [0.3, 0.4) is 0 Å². The van der Waals surface area contributed by atoms with Gasteiger partial charge >= 0.3 is 12.2 Å². The number of pyridine rings is 1. The Labute approximate surface area is 204 Å². The Morgan fingerprint density at radius 1 is 1.14 bits per heavy atom. The maximum absolute atomic E-state index is 13.4.